The van der Waals surface area contributed by atoms with E-state index in [-0.39, 0.29) is 22.2 Å². The number of rotatable bonds is 5. The first-order valence-electron chi connectivity index (χ1n) is 5.20. The van der Waals surface area contributed by atoms with E-state index in [4.69, 9.17) is 28.9 Å². The van der Waals surface area contributed by atoms with E-state index in [0.29, 0.717) is 11.6 Å². The van der Waals surface area contributed by atoms with E-state index in [1.165, 1.54) is 22.5 Å². The van der Waals surface area contributed by atoms with E-state index in [1.54, 1.807) is 6.92 Å². The predicted molar refractivity (Wildman–Crippen MR) is 75.5 cm³/mol. The van der Waals surface area contributed by atoms with Crippen LogP contribution in [-0.4, -0.2) is 25.8 Å². The summed E-state index contributed by atoms with van der Waals surface area (Å²) >= 11 is 11.7. The lowest BCUT2D eigenvalue weighted by Gasteiger charge is -2.20. The summed E-state index contributed by atoms with van der Waals surface area (Å²) < 4.78 is 26.0. The molecule has 0 fully saturated rings. The lowest BCUT2D eigenvalue weighted by Crippen LogP contribution is -2.31. The minimum absolute atomic E-state index is 0.0162. The molecule has 0 unspecified atom stereocenters. The van der Waals surface area contributed by atoms with Gasteiger partial charge in [-0.05, 0) is 12.1 Å². The highest BCUT2D eigenvalue weighted by atomic mass is 35.5. The van der Waals surface area contributed by atoms with Crippen LogP contribution in [0.5, 0.6) is 0 Å². The highest BCUT2D eigenvalue weighted by Gasteiger charge is 2.27. The van der Waals surface area contributed by atoms with Gasteiger partial charge in [0.25, 0.3) is 0 Å². The maximum atomic E-state index is 12.4. The normalized spacial score (nSPS) is 11.8. The van der Waals surface area contributed by atoms with Gasteiger partial charge < -0.3 is 5.73 Å². The van der Waals surface area contributed by atoms with Gasteiger partial charge in [-0.2, -0.15) is 4.31 Å². The Morgan fingerprint density at radius 3 is 2.50 bits per heavy atom. The monoisotopic (exact) mass is 308 g/mol. The average Bonchev–Trinajstić information content (AvgIpc) is 2.23. The van der Waals surface area contributed by atoms with Crippen LogP contribution in [0.4, 0.5) is 5.69 Å². The largest absolute Gasteiger partial charge is 0.398 e. The molecule has 0 saturated heterocycles. The van der Waals surface area contributed by atoms with E-state index < -0.39 is 10.0 Å². The van der Waals surface area contributed by atoms with E-state index in [0.717, 1.165) is 0 Å². The first-order chi connectivity index (χ1) is 8.34. The number of hydrogen-bond donors (Lipinski definition) is 1. The molecule has 0 aliphatic rings. The number of benzene rings is 1. The molecule has 0 aliphatic carbocycles. The van der Waals surface area contributed by atoms with Crippen LogP contribution in [0.15, 0.2) is 29.7 Å². The zero-order valence-electron chi connectivity index (χ0n) is 9.86. The lowest BCUT2D eigenvalue weighted by atomic mass is 10.3. The number of halogens is 2. The number of sulfonamides is 1. The van der Waals surface area contributed by atoms with Gasteiger partial charge in [0.2, 0.25) is 10.0 Å². The highest BCUT2D eigenvalue weighted by molar-refractivity contribution is 7.89. The highest BCUT2D eigenvalue weighted by Crippen LogP contribution is 2.33. The molecule has 1 aromatic carbocycles. The molecular formula is C11H14Cl2N2O2S. The molecule has 0 amide bonds. The third-order valence-electron chi connectivity index (χ3n) is 2.32. The molecule has 1 aromatic rings. The summed E-state index contributed by atoms with van der Waals surface area (Å²) in [5, 5.41) is 0.311. The molecule has 0 aromatic heterocycles. The second-order valence-electron chi connectivity index (χ2n) is 3.55. The first-order valence-corrected chi connectivity index (χ1v) is 7.39. The van der Waals surface area contributed by atoms with Gasteiger partial charge in [-0.3, -0.25) is 0 Å². The third-order valence-corrected chi connectivity index (χ3v) is 5.01. The molecule has 4 nitrogen and oxygen atoms in total. The number of nitrogens with zero attached hydrogens (tertiary/aromatic N) is 1. The molecule has 0 atom stereocenters. The zero-order chi connectivity index (χ0) is 13.9. The zero-order valence-corrected chi connectivity index (χ0v) is 12.2. The molecule has 0 radical (unpaired) electrons. The maximum absolute atomic E-state index is 12.4. The number of anilines is 1. The van der Waals surface area contributed by atoms with Crippen molar-refractivity contribution in [2.75, 3.05) is 18.8 Å². The van der Waals surface area contributed by atoms with Crippen LogP contribution in [0.2, 0.25) is 10.0 Å². The molecule has 100 valence electrons. The van der Waals surface area contributed by atoms with Gasteiger partial charge in [0.1, 0.15) is 4.90 Å². The Labute approximate surface area is 117 Å². The fourth-order valence-corrected chi connectivity index (χ4v) is 3.89. The van der Waals surface area contributed by atoms with Crippen LogP contribution in [0.25, 0.3) is 0 Å². The van der Waals surface area contributed by atoms with E-state index >= 15 is 0 Å². The molecule has 0 spiro atoms. The van der Waals surface area contributed by atoms with E-state index in [2.05, 4.69) is 6.58 Å². The average molecular weight is 309 g/mol. The van der Waals surface area contributed by atoms with Gasteiger partial charge in [0, 0.05) is 18.1 Å². The summed E-state index contributed by atoms with van der Waals surface area (Å²) in [4.78, 5) is -0.114. The first kappa shape index (κ1) is 15.3. The van der Waals surface area contributed by atoms with Crippen molar-refractivity contribution in [2.45, 2.75) is 11.8 Å². The number of likely N-dealkylation sites (N-methyl/N-ethyl adjacent to an activating group) is 1. The third kappa shape index (κ3) is 2.98. The molecule has 2 N–H and O–H groups in total. The summed E-state index contributed by atoms with van der Waals surface area (Å²) in [5.41, 5.74) is 5.73. The minimum Gasteiger partial charge on any atom is -0.398 e. The molecule has 7 heteroatoms. The Morgan fingerprint density at radius 1 is 1.44 bits per heavy atom. The molecule has 18 heavy (non-hydrogen) atoms. The van der Waals surface area contributed by atoms with Crippen LogP contribution < -0.4 is 5.73 Å². The van der Waals surface area contributed by atoms with Crippen LogP contribution in [0, 0.1) is 0 Å². The molecular weight excluding hydrogens is 295 g/mol. The van der Waals surface area contributed by atoms with Crippen molar-refractivity contribution < 1.29 is 8.42 Å². The molecule has 0 heterocycles. The number of nitrogens with two attached hydrogens (primary N) is 1. The second-order valence-corrected chi connectivity index (χ2v) is 6.27. The van der Waals surface area contributed by atoms with Crippen LogP contribution >= 0.6 is 23.2 Å². The Kier molecular flexibility index (Phi) is 5.04. The Balaban J connectivity index is 3.40. The van der Waals surface area contributed by atoms with Gasteiger partial charge in [0.05, 0.1) is 10.7 Å². The second kappa shape index (κ2) is 5.93. The number of nitrogen functional groups attached to an aromatic ring is 1. The van der Waals surface area contributed by atoms with Gasteiger partial charge in [-0.25, -0.2) is 8.42 Å². The quantitative estimate of drug-likeness (QED) is 0.672. The topological polar surface area (TPSA) is 63.4 Å². The van der Waals surface area contributed by atoms with Crippen molar-refractivity contribution in [3.8, 4) is 0 Å². The van der Waals surface area contributed by atoms with Crippen molar-refractivity contribution in [1.82, 2.24) is 4.31 Å². The SMILES string of the molecule is C=CCN(CC)S(=O)(=O)c1c(N)cc(Cl)cc1Cl. The van der Waals surface area contributed by atoms with Gasteiger partial charge >= 0.3 is 0 Å². The van der Waals surface area contributed by atoms with Crippen molar-refractivity contribution in [3.63, 3.8) is 0 Å². The summed E-state index contributed by atoms with van der Waals surface area (Å²) in [5.74, 6) is 0. The number of hydrogen-bond acceptors (Lipinski definition) is 3. The summed E-state index contributed by atoms with van der Waals surface area (Å²) in [6, 6.07) is 2.72. The summed E-state index contributed by atoms with van der Waals surface area (Å²) in [6.07, 6.45) is 1.50. The maximum Gasteiger partial charge on any atom is 0.246 e. The van der Waals surface area contributed by atoms with Crippen molar-refractivity contribution in [2.24, 2.45) is 0 Å². The minimum atomic E-state index is -3.74. The van der Waals surface area contributed by atoms with Gasteiger partial charge in [-0.1, -0.05) is 36.2 Å². The molecule has 0 aliphatic heterocycles. The van der Waals surface area contributed by atoms with E-state index in [1.807, 2.05) is 0 Å². The fraction of sp³-hybridized carbons (Fsp3) is 0.273. The molecule has 1 rings (SSSR count). The van der Waals surface area contributed by atoms with Crippen molar-refractivity contribution in [1.29, 1.82) is 0 Å². The van der Waals surface area contributed by atoms with Crippen LogP contribution in [0.1, 0.15) is 6.92 Å². The van der Waals surface area contributed by atoms with Crippen molar-refractivity contribution >= 4 is 38.9 Å². The lowest BCUT2D eigenvalue weighted by molar-refractivity contribution is 0.460. The predicted octanol–water partition coefficient (Wildman–Crippen LogP) is 2.77. The summed E-state index contributed by atoms with van der Waals surface area (Å²) in [7, 11) is -3.74. The van der Waals surface area contributed by atoms with E-state index in [9.17, 15) is 8.42 Å². The fourth-order valence-electron chi connectivity index (χ4n) is 1.52. The Bertz CT molecular complexity index is 535. The van der Waals surface area contributed by atoms with Crippen LogP contribution in [0.3, 0.4) is 0 Å². The van der Waals surface area contributed by atoms with Gasteiger partial charge in [-0.15, -0.1) is 6.58 Å². The van der Waals surface area contributed by atoms with Crippen molar-refractivity contribution in [3.05, 3.63) is 34.8 Å². The summed E-state index contributed by atoms with van der Waals surface area (Å²) in [6.45, 7) is 5.74. The Hall–Kier alpha value is -0.750. The van der Waals surface area contributed by atoms with Crippen LogP contribution in [-0.2, 0) is 10.0 Å². The van der Waals surface area contributed by atoms with Gasteiger partial charge in [0.15, 0.2) is 0 Å². The Morgan fingerprint density at radius 2 is 2.06 bits per heavy atom. The molecule has 0 saturated carbocycles. The smallest absolute Gasteiger partial charge is 0.246 e. The molecule has 0 bridgehead atoms. The standard InChI is InChI=1S/C11H14Cl2N2O2S/c1-3-5-15(4-2)18(16,17)11-9(13)6-8(12)7-10(11)14/h3,6-7H,1,4-5,14H2,2H3.